The third-order valence-electron chi connectivity index (χ3n) is 4.84. The molecule has 0 aromatic heterocycles. The molecular weight excluding hydrogens is 324 g/mol. The highest BCUT2D eigenvalue weighted by atomic mass is 16.5. The molecule has 0 bridgehead atoms. The van der Waals surface area contributed by atoms with Gasteiger partial charge in [0.15, 0.2) is 5.96 Å². The molecule has 1 fully saturated rings. The van der Waals surface area contributed by atoms with Crippen LogP contribution < -0.4 is 10.6 Å². The second-order valence-electron chi connectivity index (χ2n) is 6.86. The molecular formula is C21H36N4O. The van der Waals surface area contributed by atoms with Crippen molar-refractivity contribution in [3.8, 4) is 0 Å². The molecule has 1 aromatic rings. The van der Waals surface area contributed by atoms with Crippen LogP contribution in [0.4, 0.5) is 0 Å². The smallest absolute Gasteiger partial charge is 0.191 e. The van der Waals surface area contributed by atoms with Gasteiger partial charge in [-0.15, -0.1) is 0 Å². The van der Waals surface area contributed by atoms with E-state index in [0.29, 0.717) is 0 Å². The summed E-state index contributed by atoms with van der Waals surface area (Å²) in [7, 11) is 1.83. The Kier molecular flexibility index (Phi) is 10.1. The van der Waals surface area contributed by atoms with Crippen LogP contribution in [0.1, 0.15) is 50.2 Å². The number of guanidine groups is 1. The Bertz CT molecular complexity index is 526. The Hall–Kier alpha value is -1.59. The van der Waals surface area contributed by atoms with Gasteiger partial charge in [0.1, 0.15) is 0 Å². The molecule has 5 nitrogen and oxygen atoms in total. The third kappa shape index (κ3) is 7.75. The van der Waals surface area contributed by atoms with Crippen molar-refractivity contribution in [2.45, 2.75) is 52.1 Å². The van der Waals surface area contributed by atoms with E-state index >= 15 is 0 Å². The van der Waals surface area contributed by atoms with Gasteiger partial charge in [-0.1, -0.05) is 30.7 Å². The first kappa shape index (κ1) is 20.7. The van der Waals surface area contributed by atoms with Gasteiger partial charge in [0.2, 0.25) is 0 Å². The van der Waals surface area contributed by atoms with Gasteiger partial charge >= 0.3 is 0 Å². The fourth-order valence-electron chi connectivity index (χ4n) is 3.32. The molecule has 0 spiro atoms. The number of nitrogens with one attached hydrogen (secondary N) is 2. The van der Waals surface area contributed by atoms with Crippen LogP contribution in [0, 0.1) is 0 Å². The Labute approximate surface area is 159 Å². The molecule has 0 saturated carbocycles. The molecule has 1 heterocycles. The lowest BCUT2D eigenvalue weighted by molar-refractivity contribution is 0.143. The first-order valence-corrected chi connectivity index (χ1v) is 10.1. The summed E-state index contributed by atoms with van der Waals surface area (Å²) in [5.74, 6) is 0.870. The van der Waals surface area contributed by atoms with E-state index < -0.39 is 0 Å². The standard InChI is InChI=1S/C21H36N4O/c1-3-26-16-10-7-13-23-21(22-2)24-17-19-11-5-6-12-20(19)18-25-14-8-4-9-15-25/h5-6,11-12H,3-4,7-10,13-18H2,1-2H3,(H2,22,23,24). The molecule has 146 valence electrons. The Morgan fingerprint density at radius 2 is 1.85 bits per heavy atom. The third-order valence-corrected chi connectivity index (χ3v) is 4.84. The number of hydrogen-bond acceptors (Lipinski definition) is 3. The fraction of sp³-hybridized carbons (Fsp3) is 0.667. The molecule has 1 aromatic carbocycles. The minimum absolute atomic E-state index is 0.799. The zero-order valence-corrected chi connectivity index (χ0v) is 16.6. The number of benzene rings is 1. The molecule has 2 rings (SSSR count). The topological polar surface area (TPSA) is 48.9 Å². The van der Waals surface area contributed by atoms with Crippen LogP contribution in [-0.4, -0.2) is 50.8 Å². The van der Waals surface area contributed by atoms with Gasteiger partial charge in [-0.25, -0.2) is 0 Å². The molecule has 0 unspecified atom stereocenters. The molecule has 1 aliphatic rings. The van der Waals surface area contributed by atoms with Crippen LogP contribution in [0.2, 0.25) is 0 Å². The summed E-state index contributed by atoms with van der Waals surface area (Å²) >= 11 is 0. The second-order valence-corrected chi connectivity index (χ2v) is 6.86. The quantitative estimate of drug-likeness (QED) is 0.382. The van der Waals surface area contributed by atoms with Gasteiger partial charge in [0.05, 0.1) is 0 Å². The lowest BCUT2D eigenvalue weighted by Gasteiger charge is -2.27. The van der Waals surface area contributed by atoms with Gasteiger partial charge in [0.25, 0.3) is 0 Å². The maximum atomic E-state index is 5.37. The van der Waals surface area contributed by atoms with Crippen molar-refractivity contribution < 1.29 is 4.74 Å². The summed E-state index contributed by atoms with van der Waals surface area (Å²) in [5.41, 5.74) is 2.78. The zero-order valence-electron chi connectivity index (χ0n) is 16.6. The van der Waals surface area contributed by atoms with E-state index in [0.717, 1.165) is 51.6 Å². The van der Waals surface area contributed by atoms with E-state index in [1.165, 1.54) is 43.5 Å². The number of nitrogens with zero attached hydrogens (tertiary/aromatic N) is 2. The number of hydrogen-bond donors (Lipinski definition) is 2. The normalized spacial score (nSPS) is 15.8. The molecule has 2 N–H and O–H groups in total. The largest absolute Gasteiger partial charge is 0.382 e. The lowest BCUT2D eigenvalue weighted by Crippen LogP contribution is -2.37. The average molecular weight is 361 g/mol. The van der Waals surface area contributed by atoms with E-state index in [1.54, 1.807) is 0 Å². The molecule has 5 heteroatoms. The fourth-order valence-corrected chi connectivity index (χ4v) is 3.32. The number of rotatable bonds is 10. The van der Waals surface area contributed by atoms with E-state index in [-0.39, 0.29) is 0 Å². The van der Waals surface area contributed by atoms with Gasteiger partial charge in [-0.05, 0) is 56.8 Å². The number of piperidine rings is 1. The second kappa shape index (κ2) is 12.7. The number of aliphatic imine (C=N–C) groups is 1. The highest BCUT2D eigenvalue weighted by Gasteiger charge is 2.12. The molecule has 1 saturated heterocycles. The van der Waals surface area contributed by atoms with E-state index in [9.17, 15) is 0 Å². The van der Waals surface area contributed by atoms with Crippen LogP contribution in [0.5, 0.6) is 0 Å². The monoisotopic (exact) mass is 360 g/mol. The summed E-state index contributed by atoms with van der Waals surface area (Å²) < 4.78 is 5.37. The van der Waals surface area contributed by atoms with Crippen molar-refractivity contribution in [1.82, 2.24) is 15.5 Å². The van der Waals surface area contributed by atoms with Crippen molar-refractivity contribution >= 4 is 5.96 Å². The molecule has 0 amide bonds. The molecule has 0 aliphatic carbocycles. The Balaban J connectivity index is 1.76. The lowest BCUT2D eigenvalue weighted by atomic mass is 10.0. The number of ether oxygens (including phenoxy) is 1. The summed E-state index contributed by atoms with van der Waals surface area (Å²) in [6.45, 7) is 8.92. The predicted octanol–water partition coefficient (Wildman–Crippen LogP) is 3.15. The van der Waals surface area contributed by atoms with Gasteiger partial charge < -0.3 is 15.4 Å². The van der Waals surface area contributed by atoms with Gasteiger partial charge in [0, 0.05) is 39.9 Å². The van der Waals surface area contributed by atoms with Crippen LogP contribution in [0.15, 0.2) is 29.3 Å². The SMILES string of the molecule is CCOCCCCNC(=NC)NCc1ccccc1CN1CCCCC1. The molecule has 0 atom stereocenters. The van der Waals surface area contributed by atoms with Gasteiger partial charge in [-0.3, -0.25) is 9.89 Å². The van der Waals surface area contributed by atoms with Crippen LogP contribution in [-0.2, 0) is 17.8 Å². The van der Waals surface area contributed by atoms with E-state index in [2.05, 4.69) is 44.8 Å². The summed E-state index contributed by atoms with van der Waals surface area (Å²) in [4.78, 5) is 6.91. The van der Waals surface area contributed by atoms with Crippen molar-refractivity contribution in [2.24, 2.45) is 4.99 Å². The first-order valence-electron chi connectivity index (χ1n) is 10.1. The van der Waals surface area contributed by atoms with Crippen molar-refractivity contribution in [2.75, 3.05) is 39.9 Å². The number of unbranched alkanes of at least 4 members (excludes halogenated alkanes) is 1. The highest BCUT2D eigenvalue weighted by molar-refractivity contribution is 5.79. The summed E-state index contributed by atoms with van der Waals surface area (Å²) in [6.07, 6.45) is 6.22. The van der Waals surface area contributed by atoms with Crippen molar-refractivity contribution in [3.05, 3.63) is 35.4 Å². The van der Waals surface area contributed by atoms with Gasteiger partial charge in [-0.2, -0.15) is 0 Å². The predicted molar refractivity (Wildman–Crippen MR) is 109 cm³/mol. The average Bonchev–Trinajstić information content (AvgIpc) is 2.69. The van der Waals surface area contributed by atoms with Crippen LogP contribution in [0.25, 0.3) is 0 Å². The van der Waals surface area contributed by atoms with Crippen molar-refractivity contribution in [3.63, 3.8) is 0 Å². The molecule has 26 heavy (non-hydrogen) atoms. The van der Waals surface area contributed by atoms with E-state index in [4.69, 9.17) is 4.74 Å². The zero-order chi connectivity index (χ0) is 18.5. The number of likely N-dealkylation sites (tertiary alicyclic amines) is 1. The molecule has 1 aliphatic heterocycles. The summed E-state index contributed by atoms with van der Waals surface area (Å²) in [5, 5.41) is 6.84. The maximum Gasteiger partial charge on any atom is 0.191 e. The van der Waals surface area contributed by atoms with Crippen LogP contribution >= 0.6 is 0 Å². The minimum atomic E-state index is 0.799. The Morgan fingerprint density at radius 3 is 2.58 bits per heavy atom. The summed E-state index contributed by atoms with van der Waals surface area (Å²) in [6, 6.07) is 8.76. The molecule has 0 radical (unpaired) electrons. The van der Waals surface area contributed by atoms with Crippen LogP contribution in [0.3, 0.4) is 0 Å². The maximum absolute atomic E-state index is 5.37. The first-order chi connectivity index (χ1) is 12.8. The van der Waals surface area contributed by atoms with E-state index in [1.807, 2.05) is 14.0 Å². The Morgan fingerprint density at radius 1 is 1.08 bits per heavy atom. The van der Waals surface area contributed by atoms with Crippen molar-refractivity contribution in [1.29, 1.82) is 0 Å². The highest BCUT2D eigenvalue weighted by Crippen LogP contribution is 2.16. The minimum Gasteiger partial charge on any atom is -0.382 e.